The Morgan fingerprint density at radius 3 is 2.62 bits per heavy atom. The van der Waals surface area contributed by atoms with Crippen LogP contribution >= 0.6 is 0 Å². The van der Waals surface area contributed by atoms with E-state index in [0.717, 1.165) is 63.8 Å². The van der Waals surface area contributed by atoms with Gasteiger partial charge in [-0.3, -0.25) is 9.69 Å². The Balaban J connectivity index is 1.27. The number of aromatic nitrogens is 1. The highest BCUT2D eigenvalue weighted by Gasteiger charge is 2.32. The molecule has 1 amide bonds. The Hall–Kier alpha value is -1.40. The van der Waals surface area contributed by atoms with E-state index in [2.05, 4.69) is 15.4 Å². The molecular weight excluding hydrogens is 306 g/mol. The van der Waals surface area contributed by atoms with Crippen molar-refractivity contribution in [3.63, 3.8) is 0 Å². The Morgan fingerprint density at radius 2 is 1.92 bits per heavy atom. The maximum absolute atomic E-state index is 12.3. The van der Waals surface area contributed by atoms with Gasteiger partial charge in [-0.15, -0.1) is 0 Å². The van der Waals surface area contributed by atoms with E-state index < -0.39 is 0 Å². The zero-order valence-electron chi connectivity index (χ0n) is 14.1. The molecule has 132 valence electrons. The molecule has 2 atom stereocenters. The average molecular weight is 333 g/mol. The first-order valence-corrected chi connectivity index (χ1v) is 9.40. The van der Waals surface area contributed by atoms with Crippen LogP contribution in [-0.2, 0) is 0 Å². The minimum absolute atomic E-state index is 0.123. The van der Waals surface area contributed by atoms with Gasteiger partial charge in [-0.05, 0) is 38.5 Å². The van der Waals surface area contributed by atoms with E-state index in [4.69, 9.17) is 4.52 Å². The molecule has 0 radical (unpaired) electrons. The van der Waals surface area contributed by atoms with Crippen LogP contribution in [0.25, 0.3) is 0 Å². The molecule has 1 saturated heterocycles. The molecule has 6 heteroatoms. The molecule has 1 aliphatic heterocycles. The number of carbonyl (C=O) groups excluding carboxylic acids is 1. The molecule has 2 saturated carbocycles. The molecule has 0 bridgehead atoms. The maximum atomic E-state index is 12.3. The third-order valence-electron chi connectivity index (χ3n) is 5.77. The number of rotatable bonds is 4. The van der Waals surface area contributed by atoms with E-state index in [9.17, 15) is 9.90 Å². The standard InChI is InChI=1S/C18H27N3O3/c22-16-4-2-1-3-15(16)21-9-7-13(8-10-21)19-18(23)14-11-17(24-20-14)12-5-6-12/h11-13,15-16,22H,1-10H2,(H,19,23). The summed E-state index contributed by atoms with van der Waals surface area (Å²) in [4.78, 5) is 14.7. The zero-order chi connectivity index (χ0) is 16.5. The van der Waals surface area contributed by atoms with Crippen molar-refractivity contribution in [1.82, 2.24) is 15.4 Å². The second kappa shape index (κ2) is 6.84. The molecule has 24 heavy (non-hydrogen) atoms. The van der Waals surface area contributed by atoms with Gasteiger partial charge in [0.2, 0.25) is 0 Å². The largest absolute Gasteiger partial charge is 0.391 e. The summed E-state index contributed by atoms with van der Waals surface area (Å²) in [5, 5.41) is 17.2. The topological polar surface area (TPSA) is 78.6 Å². The molecule has 2 N–H and O–H groups in total. The van der Waals surface area contributed by atoms with Gasteiger partial charge in [-0.2, -0.15) is 0 Å². The normalized spacial score (nSPS) is 29.5. The van der Waals surface area contributed by atoms with Crippen LogP contribution in [0.4, 0.5) is 0 Å². The van der Waals surface area contributed by atoms with Crippen molar-refractivity contribution in [2.24, 2.45) is 0 Å². The molecule has 4 rings (SSSR count). The monoisotopic (exact) mass is 333 g/mol. The number of amides is 1. The van der Waals surface area contributed by atoms with Crippen LogP contribution in [-0.4, -0.2) is 52.3 Å². The fourth-order valence-electron chi connectivity index (χ4n) is 4.11. The summed E-state index contributed by atoms with van der Waals surface area (Å²) >= 11 is 0. The second-order valence-corrected chi connectivity index (χ2v) is 7.59. The SMILES string of the molecule is O=C(NC1CCN(C2CCCCC2O)CC1)c1cc(C2CC2)on1. The molecule has 0 aromatic carbocycles. The highest BCUT2D eigenvalue weighted by molar-refractivity contribution is 5.92. The number of aliphatic hydroxyl groups excluding tert-OH is 1. The Kier molecular flexibility index (Phi) is 4.59. The number of hydrogen-bond donors (Lipinski definition) is 2. The molecular formula is C18H27N3O3. The summed E-state index contributed by atoms with van der Waals surface area (Å²) in [5.74, 6) is 1.20. The highest BCUT2D eigenvalue weighted by atomic mass is 16.5. The molecule has 2 heterocycles. The van der Waals surface area contributed by atoms with Gasteiger partial charge in [0.25, 0.3) is 5.91 Å². The summed E-state index contributed by atoms with van der Waals surface area (Å²) in [7, 11) is 0. The van der Waals surface area contributed by atoms with Crippen molar-refractivity contribution in [1.29, 1.82) is 0 Å². The highest BCUT2D eigenvalue weighted by Crippen LogP contribution is 2.40. The average Bonchev–Trinajstić information content (AvgIpc) is 3.33. The molecule has 3 fully saturated rings. The minimum atomic E-state index is -0.180. The van der Waals surface area contributed by atoms with Crippen molar-refractivity contribution in [2.45, 2.75) is 75.5 Å². The van der Waals surface area contributed by atoms with Crippen LogP contribution in [0.5, 0.6) is 0 Å². The Morgan fingerprint density at radius 1 is 1.17 bits per heavy atom. The van der Waals surface area contributed by atoms with E-state index >= 15 is 0 Å². The predicted octanol–water partition coefficient (Wildman–Crippen LogP) is 2.05. The van der Waals surface area contributed by atoms with Crippen molar-refractivity contribution in [2.75, 3.05) is 13.1 Å². The summed E-state index contributed by atoms with van der Waals surface area (Å²) < 4.78 is 5.26. The number of nitrogens with one attached hydrogen (secondary N) is 1. The van der Waals surface area contributed by atoms with E-state index in [1.807, 2.05) is 0 Å². The second-order valence-electron chi connectivity index (χ2n) is 7.59. The van der Waals surface area contributed by atoms with Crippen molar-refractivity contribution in [3.05, 3.63) is 17.5 Å². The number of nitrogens with zero attached hydrogens (tertiary/aromatic N) is 2. The smallest absolute Gasteiger partial charge is 0.273 e. The predicted molar refractivity (Wildman–Crippen MR) is 88.8 cm³/mol. The first-order chi connectivity index (χ1) is 11.7. The van der Waals surface area contributed by atoms with Crippen LogP contribution in [0.15, 0.2) is 10.6 Å². The van der Waals surface area contributed by atoms with Crippen LogP contribution in [0.2, 0.25) is 0 Å². The van der Waals surface area contributed by atoms with E-state index in [-0.39, 0.29) is 18.1 Å². The number of piperidine rings is 1. The van der Waals surface area contributed by atoms with Gasteiger partial charge in [-0.25, -0.2) is 0 Å². The van der Waals surface area contributed by atoms with Gasteiger partial charge < -0.3 is 14.9 Å². The Bertz CT molecular complexity index is 576. The van der Waals surface area contributed by atoms with Gasteiger partial charge in [0, 0.05) is 37.2 Å². The molecule has 1 aromatic heterocycles. The summed E-state index contributed by atoms with van der Waals surface area (Å²) in [6.45, 7) is 1.89. The van der Waals surface area contributed by atoms with Crippen molar-refractivity contribution in [3.8, 4) is 0 Å². The summed E-state index contributed by atoms with van der Waals surface area (Å²) in [6, 6.07) is 2.29. The number of likely N-dealkylation sites (tertiary alicyclic amines) is 1. The van der Waals surface area contributed by atoms with Crippen molar-refractivity contribution >= 4 is 5.91 Å². The maximum Gasteiger partial charge on any atom is 0.273 e. The van der Waals surface area contributed by atoms with Gasteiger partial charge >= 0.3 is 0 Å². The van der Waals surface area contributed by atoms with Gasteiger partial charge in [0.1, 0.15) is 5.76 Å². The lowest BCUT2D eigenvalue weighted by Gasteiger charge is -2.41. The lowest BCUT2D eigenvalue weighted by atomic mass is 9.89. The third kappa shape index (κ3) is 3.49. The summed E-state index contributed by atoms with van der Waals surface area (Å²) in [6.07, 6.45) is 8.35. The number of aliphatic hydroxyl groups is 1. The lowest BCUT2D eigenvalue weighted by molar-refractivity contribution is 0.00725. The van der Waals surface area contributed by atoms with E-state index in [0.29, 0.717) is 17.7 Å². The van der Waals surface area contributed by atoms with Gasteiger partial charge in [-0.1, -0.05) is 18.0 Å². The van der Waals surface area contributed by atoms with Crippen LogP contribution in [0.3, 0.4) is 0 Å². The first kappa shape index (κ1) is 16.1. The minimum Gasteiger partial charge on any atom is -0.391 e. The van der Waals surface area contributed by atoms with E-state index in [1.165, 1.54) is 6.42 Å². The van der Waals surface area contributed by atoms with Crippen molar-refractivity contribution < 1.29 is 14.4 Å². The fraction of sp³-hybridized carbons (Fsp3) is 0.778. The summed E-state index contributed by atoms with van der Waals surface area (Å²) in [5.41, 5.74) is 0.405. The third-order valence-corrected chi connectivity index (χ3v) is 5.77. The van der Waals surface area contributed by atoms with Crippen LogP contribution in [0.1, 0.15) is 73.5 Å². The molecule has 2 unspecified atom stereocenters. The van der Waals surface area contributed by atoms with Crippen LogP contribution < -0.4 is 5.32 Å². The zero-order valence-corrected chi connectivity index (χ0v) is 14.1. The molecule has 6 nitrogen and oxygen atoms in total. The molecule has 1 aromatic rings. The first-order valence-electron chi connectivity index (χ1n) is 9.40. The Labute approximate surface area is 142 Å². The molecule has 0 spiro atoms. The number of hydrogen-bond acceptors (Lipinski definition) is 5. The lowest BCUT2D eigenvalue weighted by Crippen LogP contribution is -2.52. The fourth-order valence-corrected chi connectivity index (χ4v) is 4.11. The van der Waals surface area contributed by atoms with Gasteiger partial charge in [0.05, 0.1) is 6.10 Å². The van der Waals surface area contributed by atoms with Gasteiger partial charge in [0.15, 0.2) is 5.69 Å². The molecule has 2 aliphatic carbocycles. The van der Waals surface area contributed by atoms with E-state index in [1.54, 1.807) is 6.07 Å². The number of carbonyl (C=O) groups is 1. The van der Waals surface area contributed by atoms with Crippen LogP contribution in [0, 0.1) is 0 Å². The quantitative estimate of drug-likeness (QED) is 0.882. The molecule has 3 aliphatic rings.